The van der Waals surface area contributed by atoms with Crippen molar-refractivity contribution < 1.29 is 0 Å². The minimum absolute atomic E-state index is 0.315. The summed E-state index contributed by atoms with van der Waals surface area (Å²) in [7, 11) is 4.29. The molecule has 3 nitrogen and oxygen atoms in total. The third-order valence-electron chi connectivity index (χ3n) is 4.69. The molecule has 1 aliphatic carbocycles. The number of likely N-dealkylation sites (N-methyl/N-ethyl adjacent to an activating group) is 1. The van der Waals surface area contributed by atoms with E-state index in [-0.39, 0.29) is 0 Å². The second-order valence-corrected chi connectivity index (χ2v) is 6.58. The Kier molecular flexibility index (Phi) is 6.09. The third kappa shape index (κ3) is 3.69. The summed E-state index contributed by atoms with van der Waals surface area (Å²) >= 11 is 0. The van der Waals surface area contributed by atoms with Gasteiger partial charge in [-0.2, -0.15) is 0 Å². The predicted molar refractivity (Wildman–Crippen MR) is 79.8 cm³/mol. The van der Waals surface area contributed by atoms with Gasteiger partial charge in [-0.25, -0.2) is 0 Å². The van der Waals surface area contributed by atoms with E-state index in [1.54, 1.807) is 0 Å². The lowest BCUT2D eigenvalue weighted by Crippen LogP contribution is -2.62. The van der Waals surface area contributed by atoms with E-state index in [9.17, 15) is 0 Å². The number of rotatable bonds is 8. The van der Waals surface area contributed by atoms with Crippen LogP contribution in [0.25, 0.3) is 0 Å². The fourth-order valence-electron chi connectivity index (χ4n) is 3.25. The van der Waals surface area contributed by atoms with Crippen molar-refractivity contribution in [3.8, 4) is 0 Å². The van der Waals surface area contributed by atoms with E-state index < -0.39 is 0 Å². The smallest absolute Gasteiger partial charge is 0.0337 e. The lowest BCUT2D eigenvalue weighted by molar-refractivity contribution is -0.0335. The minimum atomic E-state index is 0.315. The van der Waals surface area contributed by atoms with Crippen LogP contribution in [0.5, 0.6) is 0 Å². The Morgan fingerprint density at radius 2 is 1.83 bits per heavy atom. The summed E-state index contributed by atoms with van der Waals surface area (Å²) in [5.41, 5.74) is 6.40. The maximum Gasteiger partial charge on any atom is 0.0337 e. The first-order valence-electron chi connectivity index (χ1n) is 7.55. The summed E-state index contributed by atoms with van der Waals surface area (Å²) in [5, 5.41) is 0. The standard InChI is InChI=1S/C15H33N3/c1-6-18(9-7-8-17(4)5)15(12-16)10-14(11-15)13(2)3/h13-14H,6-12,16H2,1-5H3. The molecule has 2 N–H and O–H groups in total. The molecule has 0 radical (unpaired) electrons. The van der Waals surface area contributed by atoms with Gasteiger partial charge in [-0.05, 0) is 64.8 Å². The molecule has 0 spiro atoms. The molecule has 0 heterocycles. The molecule has 0 saturated heterocycles. The van der Waals surface area contributed by atoms with Gasteiger partial charge >= 0.3 is 0 Å². The molecule has 3 heteroatoms. The number of hydrogen-bond acceptors (Lipinski definition) is 3. The summed E-state index contributed by atoms with van der Waals surface area (Å²) in [6, 6.07) is 0. The highest BCUT2D eigenvalue weighted by Gasteiger charge is 2.47. The largest absolute Gasteiger partial charge is 0.329 e. The second-order valence-electron chi connectivity index (χ2n) is 6.58. The number of nitrogens with zero attached hydrogens (tertiary/aromatic N) is 2. The van der Waals surface area contributed by atoms with Crippen LogP contribution in [0.2, 0.25) is 0 Å². The summed E-state index contributed by atoms with van der Waals surface area (Å²) in [4.78, 5) is 4.90. The van der Waals surface area contributed by atoms with Gasteiger partial charge in [0.1, 0.15) is 0 Å². The molecular formula is C15H33N3. The van der Waals surface area contributed by atoms with Crippen LogP contribution < -0.4 is 5.73 Å². The van der Waals surface area contributed by atoms with Crippen molar-refractivity contribution in [3.05, 3.63) is 0 Å². The highest BCUT2D eigenvalue weighted by molar-refractivity contribution is 5.03. The monoisotopic (exact) mass is 255 g/mol. The molecule has 1 aliphatic rings. The molecule has 1 fully saturated rings. The van der Waals surface area contributed by atoms with Crippen LogP contribution in [-0.4, -0.2) is 55.6 Å². The third-order valence-corrected chi connectivity index (χ3v) is 4.69. The Bertz CT molecular complexity index is 232. The van der Waals surface area contributed by atoms with E-state index in [1.807, 2.05) is 0 Å². The molecule has 0 unspecified atom stereocenters. The first-order valence-corrected chi connectivity index (χ1v) is 7.55. The Labute approximate surface area is 114 Å². The first-order chi connectivity index (χ1) is 8.45. The fraction of sp³-hybridized carbons (Fsp3) is 1.00. The maximum absolute atomic E-state index is 6.09. The first kappa shape index (κ1) is 15.9. The van der Waals surface area contributed by atoms with Crippen LogP contribution in [-0.2, 0) is 0 Å². The van der Waals surface area contributed by atoms with Crippen molar-refractivity contribution in [3.63, 3.8) is 0 Å². The van der Waals surface area contributed by atoms with Crippen LogP contribution >= 0.6 is 0 Å². The lowest BCUT2D eigenvalue weighted by Gasteiger charge is -2.55. The van der Waals surface area contributed by atoms with E-state index in [4.69, 9.17) is 5.73 Å². The molecular weight excluding hydrogens is 222 g/mol. The van der Waals surface area contributed by atoms with Crippen LogP contribution in [0.4, 0.5) is 0 Å². The molecule has 1 rings (SSSR count). The van der Waals surface area contributed by atoms with Crippen molar-refractivity contribution in [2.45, 2.75) is 45.6 Å². The fourth-order valence-corrected chi connectivity index (χ4v) is 3.25. The van der Waals surface area contributed by atoms with Crippen LogP contribution in [0.3, 0.4) is 0 Å². The molecule has 0 aromatic rings. The van der Waals surface area contributed by atoms with Gasteiger partial charge in [-0.3, -0.25) is 4.90 Å². The molecule has 0 atom stereocenters. The SMILES string of the molecule is CCN(CCCN(C)C)C1(CN)CC(C(C)C)C1. The van der Waals surface area contributed by atoms with Crippen LogP contribution in [0.1, 0.15) is 40.0 Å². The van der Waals surface area contributed by atoms with Crippen molar-refractivity contribution in [1.82, 2.24) is 9.80 Å². The maximum atomic E-state index is 6.09. The number of nitrogens with two attached hydrogens (primary N) is 1. The molecule has 0 amide bonds. The van der Waals surface area contributed by atoms with Gasteiger partial charge in [0.15, 0.2) is 0 Å². The van der Waals surface area contributed by atoms with E-state index in [1.165, 1.54) is 32.4 Å². The second kappa shape index (κ2) is 6.88. The molecule has 0 aromatic carbocycles. The summed E-state index contributed by atoms with van der Waals surface area (Å²) in [5.74, 6) is 1.70. The van der Waals surface area contributed by atoms with Gasteiger partial charge in [-0.1, -0.05) is 20.8 Å². The van der Waals surface area contributed by atoms with Gasteiger partial charge in [0.25, 0.3) is 0 Å². The van der Waals surface area contributed by atoms with E-state index in [0.717, 1.165) is 24.9 Å². The molecule has 0 aromatic heterocycles. The summed E-state index contributed by atoms with van der Waals surface area (Å²) in [6.07, 6.45) is 3.85. The van der Waals surface area contributed by atoms with Crippen molar-refractivity contribution in [1.29, 1.82) is 0 Å². The van der Waals surface area contributed by atoms with Crippen LogP contribution in [0, 0.1) is 11.8 Å². The van der Waals surface area contributed by atoms with Crippen molar-refractivity contribution >= 4 is 0 Å². The van der Waals surface area contributed by atoms with E-state index >= 15 is 0 Å². The van der Waals surface area contributed by atoms with E-state index in [2.05, 4.69) is 44.7 Å². The van der Waals surface area contributed by atoms with Gasteiger partial charge in [0.2, 0.25) is 0 Å². The van der Waals surface area contributed by atoms with Gasteiger partial charge in [-0.15, -0.1) is 0 Å². The Balaban J connectivity index is 2.47. The Morgan fingerprint density at radius 3 is 2.22 bits per heavy atom. The van der Waals surface area contributed by atoms with Crippen molar-refractivity contribution in [2.24, 2.45) is 17.6 Å². The van der Waals surface area contributed by atoms with Crippen LogP contribution in [0.15, 0.2) is 0 Å². The number of hydrogen-bond donors (Lipinski definition) is 1. The Hall–Kier alpha value is -0.120. The van der Waals surface area contributed by atoms with Gasteiger partial charge < -0.3 is 10.6 Å². The molecule has 0 bridgehead atoms. The zero-order valence-electron chi connectivity index (χ0n) is 13.1. The average molecular weight is 255 g/mol. The molecule has 1 saturated carbocycles. The molecule has 18 heavy (non-hydrogen) atoms. The molecule has 108 valence electrons. The van der Waals surface area contributed by atoms with Gasteiger partial charge in [0.05, 0.1) is 0 Å². The quantitative estimate of drug-likeness (QED) is 0.720. The molecule has 0 aliphatic heterocycles. The summed E-state index contributed by atoms with van der Waals surface area (Å²) in [6.45, 7) is 11.3. The highest BCUT2D eigenvalue weighted by Crippen LogP contribution is 2.45. The topological polar surface area (TPSA) is 32.5 Å². The normalized spacial score (nSPS) is 28.2. The minimum Gasteiger partial charge on any atom is -0.329 e. The summed E-state index contributed by atoms with van der Waals surface area (Å²) < 4.78 is 0. The zero-order chi connectivity index (χ0) is 13.8. The lowest BCUT2D eigenvalue weighted by atomic mass is 9.63. The highest BCUT2D eigenvalue weighted by atomic mass is 15.2. The Morgan fingerprint density at radius 1 is 1.22 bits per heavy atom. The zero-order valence-corrected chi connectivity index (χ0v) is 13.1. The van der Waals surface area contributed by atoms with Crippen molar-refractivity contribution in [2.75, 3.05) is 40.3 Å². The van der Waals surface area contributed by atoms with Gasteiger partial charge in [0, 0.05) is 12.1 Å². The average Bonchev–Trinajstić information content (AvgIpc) is 2.24. The predicted octanol–water partition coefficient (Wildman–Crippen LogP) is 2.02. The van der Waals surface area contributed by atoms with E-state index in [0.29, 0.717) is 5.54 Å².